The van der Waals surface area contributed by atoms with Crippen molar-refractivity contribution >= 4 is 52.6 Å². The number of aldehydes is 1. The van der Waals surface area contributed by atoms with Crippen LogP contribution >= 0.6 is 34.8 Å². The quantitative estimate of drug-likeness (QED) is 0.473. The Morgan fingerprint density at radius 2 is 1.80 bits per heavy atom. The van der Waals surface area contributed by atoms with Gasteiger partial charge >= 0.3 is 0 Å². The van der Waals surface area contributed by atoms with Crippen LogP contribution in [0.25, 0.3) is 0 Å². The van der Waals surface area contributed by atoms with E-state index in [1.807, 2.05) is 19.1 Å². The Bertz CT molecular complexity index is 632. The summed E-state index contributed by atoms with van der Waals surface area (Å²) >= 11 is 17.6. The van der Waals surface area contributed by atoms with E-state index in [1.165, 1.54) is 0 Å². The largest absolute Gasteiger partial charge is 0.326 e. The van der Waals surface area contributed by atoms with Crippen molar-refractivity contribution in [2.24, 2.45) is 0 Å². The van der Waals surface area contributed by atoms with Crippen LogP contribution in [0, 0.1) is 0 Å². The van der Waals surface area contributed by atoms with Crippen molar-refractivity contribution in [1.29, 1.82) is 0 Å². The number of rotatable bonds is 4. The van der Waals surface area contributed by atoms with E-state index in [2.05, 4.69) is 9.97 Å². The average Bonchev–Trinajstić information content (AvgIpc) is 2.41. The van der Waals surface area contributed by atoms with E-state index in [4.69, 9.17) is 34.8 Å². The Hall–Kier alpha value is -1.36. The number of anilines is 2. The Balaban J connectivity index is 2.57. The Morgan fingerprint density at radius 3 is 2.35 bits per heavy atom. The van der Waals surface area contributed by atoms with Gasteiger partial charge < -0.3 is 4.90 Å². The van der Waals surface area contributed by atoms with Crippen molar-refractivity contribution in [2.75, 3.05) is 11.4 Å². The van der Waals surface area contributed by atoms with E-state index in [0.29, 0.717) is 23.7 Å². The van der Waals surface area contributed by atoms with Gasteiger partial charge in [0.15, 0.2) is 6.29 Å². The number of carbonyl (C=O) groups is 1. The Morgan fingerprint density at radius 1 is 1.15 bits per heavy atom. The molecule has 0 radical (unpaired) electrons. The van der Waals surface area contributed by atoms with Crippen molar-refractivity contribution < 1.29 is 4.79 Å². The third-order valence-corrected chi connectivity index (χ3v) is 3.39. The topological polar surface area (TPSA) is 46.1 Å². The summed E-state index contributed by atoms with van der Waals surface area (Å²) in [5, 5.41) is 0.643. The molecule has 0 atom stereocenters. The second-order valence-corrected chi connectivity index (χ2v) is 4.99. The molecule has 0 aliphatic carbocycles. The summed E-state index contributed by atoms with van der Waals surface area (Å²) in [6.45, 7) is 2.50. The van der Waals surface area contributed by atoms with Crippen LogP contribution in [-0.2, 0) is 0 Å². The van der Waals surface area contributed by atoms with E-state index < -0.39 is 0 Å². The van der Waals surface area contributed by atoms with Gasteiger partial charge in [0, 0.05) is 17.3 Å². The van der Waals surface area contributed by atoms with Crippen LogP contribution in [-0.4, -0.2) is 22.8 Å². The van der Waals surface area contributed by atoms with Crippen molar-refractivity contribution in [1.82, 2.24) is 9.97 Å². The lowest BCUT2D eigenvalue weighted by Crippen LogP contribution is -2.19. The summed E-state index contributed by atoms with van der Waals surface area (Å²) in [4.78, 5) is 20.9. The zero-order valence-corrected chi connectivity index (χ0v) is 12.7. The first-order valence-electron chi connectivity index (χ1n) is 5.78. The molecule has 0 aliphatic heterocycles. The molecule has 0 fully saturated rings. The first-order chi connectivity index (χ1) is 9.56. The molecule has 1 aromatic heterocycles. The van der Waals surface area contributed by atoms with Gasteiger partial charge in [-0.15, -0.1) is 0 Å². The van der Waals surface area contributed by atoms with Crippen LogP contribution < -0.4 is 4.90 Å². The maximum atomic E-state index is 11.2. The van der Waals surface area contributed by atoms with Crippen molar-refractivity contribution in [3.05, 3.63) is 45.3 Å². The maximum absolute atomic E-state index is 11.2. The highest BCUT2D eigenvalue weighted by Crippen LogP contribution is 2.30. The molecule has 0 unspecified atom stereocenters. The highest BCUT2D eigenvalue weighted by atomic mass is 35.5. The molecule has 0 aliphatic rings. The van der Waals surface area contributed by atoms with Gasteiger partial charge in [0.25, 0.3) is 0 Å². The third kappa shape index (κ3) is 3.03. The van der Waals surface area contributed by atoms with Crippen LogP contribution in [0.3, 0.4) is 0 Å². The maximum Gasteiger partial charge on any atom is 0.225 e. The first-order valence-corrected chi connectivity index (χ1v) is 6.91. The highest BCUT2D eigenvalue weighted by molar-refractivity contribution is 6.34. The van der Waals surface area contributed by atoms with Crippen LogP contribution in [0.2, 0.25) is 15.5 Å². The first kappa shape index (κ1) is 15.0. The summed E-state index contributed by atoms with van der Waals surface area (Å²) < 4.78 is 0. The lowest BCUT2D eigenvalue weighted by atomic mass is 10.2. The van der Waals surface area contributed by atoms with Gasteiger partial charge in [-0.1, -0.05) is 23.2 Å². The zero-order valence-electron chi connectivity index (χ0n) is 10.5. The van der Waals surface area contributed by atoms with Gasteiger partial charge in [0.05, 0.1) is 5.56 Å². The monoisotopic (exact) mass is 329 g/mol. The second-order valence-electron chi connectivity index (χ2n) is 3.86. The molecule has 0 N–H and O–H groups in total. The zero-order chi connectivity index (χ0) is 14.7. The van der Waals surface area contributed by atoms with Gasteiger partial charge in [-0.05, 0) is 42.8 Å². The number of halogens is 3. The lowest BCUT2D eigenvalue weighted by Gasteiger charge is -2.23. The smallest absolute Gasteiger partial charge is 0.225 e. The van der Waals surface area contributed by atoms with Crippen molar-refractivity contribution in [3.63, 3.8) is 0 Å². The fourth-order valence-corrected chi connectivity index (χ4v) is 2.33. The molecule has 0 amide bonds. The molecule has 0 bridgehead atoms. The van der Waals surface area contributed by atoms with Gasteiger partial charge in [-0.2, -0.15) is 4.98 Å². The number of hydrogen-bond donors (Lipinski definition) is 0. The van der Waals surface area contributed by atoms with Gasteiger partial charge in [-0.25, -0.2) is 4.98 Å². The standard InChI is InChI=1S/C13H10Cl3N3O/c1-2-19(9-5-3-8(14)4-6-9)12-10(7-20)11(15)17-13(16)18-12/h3-7H,2H2,1H3. The predicted molar refractivity (Wildman–Crippen MR) is 81.6 cm³/mol. The third-order valence-electron chi connectivity index (χ3n) is 2.68. The minimum absolute atomic E-state index is 0.0111. The SMILES string of the molecule is CCN(c1ccc(Cl)cc1)c1nc(Cl)nc(Cl)c1C=O. The number of benzene rings is 1. The normalized spacial score (nSPS) is 10.4. The minimum Gasteiger partial charge on any atom is -0.326 e. The molecule has 0 saturated carbocycles. The molecule has 2 aromatic rings. The van der Waals surface area contributed by atoms with Crippen LogP contribution in [0.5, 0.6) is 0 Å². The summed E-state index contributed by atoms with van der Waals surface area (Å²) in [6.07, 6.45) is 0.618. The molecule has 4 nitrogen and oxygen atoms in total. The van der Waals surface area contributed by atoms with Crippen LogP contribution in [0.15, 0.2) is 24.3 Å². The average molecular weight is 331 g/mol. The van der Waals surface area contributed by atoms with E-state index in [-0.39, 0.29) is 16.0 Å². The van der Waals surface area contributed by atoms with Crippen LogP contribution in [0.4, 0.5) is 11.5 Å². The minimum atomic E-state index is -0.0111. The fraction of sp³-hybridized carbons (Fsp3) is 0.154. The highest BCUT2D eigenvalue weighted by Gasteiger charge is 2.18. The van der Waals surface area contributed by atoms with E-state index in [1.54, 1.807) is 17.0 Å². The molecule has 2 rings (SSSR count). The Kier molecular flexibility index (Phi) is 4.81. The van der Waals surface area contributed by atoms with Gasteiger partial charge in [0.1, 0.15) is 11.0 Å². The molecule has 1 heterocycles. The Labute approximate surface area is 131 Å². The fourth-order valence-electron chi connectivity index (χ4n) is 1.79. The predicted octanol–water partition coefficient (Wildman–Crippen LogP) is 4.41. The molecular formula is C13H10Cl3N3O. The molecule has 104 valence electrons. The van der Waals surface area contributed by atoms with Gasteiger partial charge in [0.2, 0.25) is 5.28 Å². The molecule has 0 saturated heterocycles. The van der Waals surface area contributed by atoms with E-state index >= 15 is 0 Å². The number of carbonyl (C=O) groups excluding carboxylic acids is 1. The van der Waals surface area contributed by atoms with E-state index in [9.17, 15) is 4.79 Å². The number of hydrogen-bond acceptors (Lipinski definition) is 4. The molecule has 1 aromatic carbocycles. The van der Waals surface area contributed by atoms with Crippen molar-refractivity contribution in [3.8, 4) is 0 Å². The molecular weight excluding hydrogens is 321 g/mol. The second kappa shape index (κ2) is 6.39. The summed E-state index contributed by atoms with van der Waals surface area (Å²) in [6, 6.07) is 7.16. The number of aromatic nitrogens is 2. The van der Waals surface area contributed by atoms with Crippen LogP contribution in [0.1, 0.15) is 17.3 Å². The van der Waals surface area contributed by atoms with Gasteiger partial charge in [-0.3, -0.25) is 4.79 Å². The summed E-state index contributed by atoms with van der Waals surface area (Å²) in [5.74, 6) is 0.370. The molecule has 7 heteroatoms. The molecule has 0 spiro atoms. The summed E-state index contributed by atoms with van der Waals surface area (Å²) in [7, 11) is 0. The van der Waals surface area contributed by atoms with E-state index in [0.717, 1.165) is 5.69 Å². The molecule has 20 heavy (non-hydrogen) atoms. The van der Waals surface area contributed by atoms with Crippen molar-refractivity contribution in [2.45, 2.75) is 6.92 Å². The lowest BCUT2D eigenvalue weighted by molar-refractivity contribution is 0.112. The summed E-state index contributed by atoms with van der Waals surface area (Å²) in [5.41, 5.74) is 1.03. The number of nitrogens with zero attached hydrogens (tertiary/aromatic N) is 3.